The number of rotatable bonds is 9. The lowest BCUT2D eigenvalue weighted by atomic mass is 9.86. The molecule has 0 aliphatic carbocycles. The highest BCUT2D eigenvalue weighted by atomic mass is 15.3. The smallest absolute Gasteiger partial charge is 0.0644 e. The molecule has 1 rings (SSSR count). The molecule has 1 aromatic heterocycles. The second-order valence-electron chi connectivity index (χ2n) is 7.12. The normalized spacial score (nSPS) is 13.7. The summed E-state index contributed by atoms with van der Waals surface area (Å²) in [5.41, 5.74) is 4.21. The second-order valence-corrected chi connectivity index (χ2v) is 7.12. The Morgan fingerprint density at radius 3 is 2.38 bits per heavy atom. The van der Waals surface area contributed by atoms with Crippen LogP contribution >= 0.6 is 0 Å². The molecule has 1 unspecified atom stereocenters. The van der Waals surface area contributed by atoms with Gasteiger partial charge in [0.25, 0.3) is 0 Å². The van der Waals surface area contributed by atoms with Crippen molar-refractivity contribution >= 4 is 0 Å². The minimum atomic E-state index is 0.367. The summed E-state index contributed by atoms with van der Waals surface area (Å²) in [6.07, 6.45) is 5.28. The third kappa shape index (κ3) is 5.14. The maximum Gasteiger partial charge on any atom is 0.0644 e. The highest BCUT2D eigenvalue weighted by molar-refractivity contribution is 5.27. The van der Waals surface area contributed by atoms with Crippen molar-refractivity contribution < 1.29 is 0 Å². The van der Waals surface area contributed by atoms with Gasteiger partial charge in [-0.2, -0.15) is 5.10 Å². The fourth-order valence-corrected chi connectivity index (χ4v) is 3.12. The van der Waals surface area contributed by atoms with Gasteiger partial charge in [0, 0.05) is 30.4 Å². The molecule has 0 aromatic carbocycles. The van der Waals surface area contributed by atoms with Crippen LogP contribution < -0.4 is 5.32 Å². The maximum absolute atomic E-state index is 4.63. The summed E-state index contributed by atoms with van der Waals surface area (Å²) in [4.78, 5) is 0. The fourth-order valence-electron chi connectivity index (χ4n) is 3.12. The van der Waals surface area contributed by atoms with Gasteiger partial charge in [-0.25, -0.2) is 0 Å². The Balaban J connectivity index is 2.61. The largest absolute Gasteiger partial charge is 0.310 e. The molecular weight excluding hydrogens is 258 g/mol. The molecule has 0 aliphatic heterocycles. The van der Waals surface area contributed by atoms with Crippen molar-refractivity contribution in [1.82, 2.24) is 15.1 Å². The zero-order valence-corrected chi connectivity index (χ0v) is 15.2. The molecule has 1 atom stereocenters. The molecule has 0 saturated heterocycles. The molecule has 0 amide bonds. The number of nitrogens with zero attached hydrogens (tertiary/aromatic N) is 2. The second kappa shape index (κ2) is 7.98. The third-order valence-corrected chi connectivity index (χ3v) is 4.51. The van der Waals surface area contributed by atoms with Gasteiger partial charge in [0.2, 0.25) is 0 Å². The van der Waals surface area contributed by atoms with Crippen LogP contribution in [0.2, 0.25) is 0 Å². The molecule has 0 spiro atoms. The standard InChI is InChI=1S/C18H35N3/c1-8-10-11-12-18(6,7)13-19-14(3)17-15(4)20-21(9-2)16(17)5/h14,19H,8-13H2,1-7H3. The Hall–Kier alpha value is -0.830. The summed E-state index contributed by atoms with van der Waals surface area (Å²) < 4.78 is 2.11. The number of nitrogens with one attached hydrogen (secondary N) is 1. The highest BCUT2D eigenvalue weighted by Gasteiger charge is 2.21. The number of hydrogen-bond acceptors (Lipinski definition) is 2. The average Bonchev–Trinajstić information content (AvgIpc) is 2.71. The summed E-state index contributed by atoms with van der Waals surface area (Å²) in [5.74, 6) is 0. The van der Waals surface area contributed by atoms with Crippen LogP contribution in [-0.4, -0.2) is 16.3 Å². The van der Waals surface area contributed by atoms with E-state index in [2.05, 4.69) is 63.6 Å². The van der Waals surface area contributed by atoms with Crippen molar-refractivity contribution in [1.29, 1.82) is 0 Å². The molecule has 3 nitrogen and oxygen atoms in total. The summed E-state index contributed by atoms with van der Waals surface area (Å²) >= 11 is 0. The molecule has 1 heterocycles. The van der Waals surface area contributed by atoms with Crippen LogP contribution in [0.4, 0.5) is 0 Å². The van der Waals surface area contributed by atoms with E-state index in [0.29, 0.717) is 11.5 Å². The van der Waals surface area contributed by atoms with E-state index < -0.39 is 0 Å². The summed E-state index contributed by atoms with van der Waals surface area (Å²) in [6.45, 7) is 17.7. The molecule has 0 radical (unpaired) electrons. The molecule has 0 saturated carbocycles. The van der Waals surface area contributed by atoms with Gasteiger partial charge in [0.1, 0.15) is 0 Å². The first-order chi connectivity index (χ1) is 9.82. The van der Waals surface area contributed by atoms with E-state index in [4.69, 9.17) is 0 Å². The average molecular weight is 293 g/mol. The van der Waals surface area contributed by atoms with Gasteiger partial charge in [-0.3, -0.25) is 4.68 Å². The van der Waals surface area contributed by atoms with Crippen LogP contribution in [0.1, 0.15) is 83.3 Å². The molecule has 0 aliphatic rings. The first kappa shape index (κ1) is 18.2. The van der Waals surface area contributed by atoms with Crippen LogP contribution in [0.15, 0.2) is 0 Å². The molecule has 1 aromatic rings. The quantitative estimate of drug-likeness (QED) is 0.664. The Morgan fingerprint density at radius 1 is 1.19 bits per heavy atom. The van der Waals surface area contributed by atoms with Gasteiger partial charge in [0.05, 0.1) is 5.69 Å². The zero-order chi connectivity index (χ0) is 16.0. The van der Waals surface area contributed by atoms with Gasteiger partial charge in [-0.15, -0.1) is 0 Å². The zero-order valence-electron chi connectivity index (χ0n) is 15.2. The first-order valence-electron chi connectivity index (χ1n) is 8.59. The lowest BCUT2D eigenvalue weighted by Crippen LogP contribution is -2.31. The van der Waals surface area contributed by atoms with E-state index >= 15 is 0 Å². The highest BCUT2D eigenvalue weighted by Crippen LogP contribution is 2.26. The van der Waals surface area contributed by atoms with Crippen LogP contribution in [-0.2, 0) is 6.54 Å². The van der Waals surface area contributed by atoms with Crippen molar-refractivity contribution in [2.24, 2.45) is 5.41 Å². The number of unbranched alkanes of at least 4 members (excludes halogenated alkanes) is 2. The number of aromatic nitrogens is 2. The van der Waals surface area contributed by atoms with Gasteiger partial charge in [-0.1, -0.05) is 40.0 Å². The molecule has 0 fully saturated rings. The minimum Gasteiger partial charge on any atom is -0.310 e. The van der Waals surface area contributed by atoms with Crippen molar-refractivity contribution in [3.8, 4) is 0 Å². The minimum absolute atomic E-state index is 0.367. The van der Waals surface area contributed by atoms with E-state index in [1.165, 1.54) is 36.9 Å². The number of aryl methyl sites for hydroxylation is 2. The van der Waals surface area contributed by atoms with E-state index in [9.17, 15) is 0 Å². The topological polar surface area (TPSA) is 29.9 Å². The van der Waals surface area contributed by atoms with E-state index in [-0.39, 0.29) is 0 Å². The SMILES string of the molecule is CCCCCC(C)(C)CNC(C)c1c(C)nn(CC)c1C. The molecule has 0 bridgehead atoms. The summed E-state index contributed by atoms with van der Waals surface area (Å²) in [5, 5.41) is 8.36. The van der Waals surface area contributed by atoms with Crippen LogP contribution in [0.3, 0.4) is 0 Å². The Kier molecular flexibility index (Phi) is 6.92. The third-order valence-electron chi connectivity index (χ3n) is 4.51. The Morgan fingerprint density at radius 2 is 1.86 bits per heavy atom. The predicted octanol–water partition coefficient (Wildman–Crippen LogP) is 4.78. The van der Waals surface area contributed by atoms with E-state index in [0.717, 1.165) is 18.8 Å². The molecule has 3 heteroatoms. The fraction of sp³-hybridized carbons (Fsp3) is 0.833. The maximum atomic E-state index is 4.63. The molecule has 122 valence electrons. The van der Waals surface area contributed by atoms with Crippen LogP contribution in [0, 0.1) is 19.3 Å². The van der Waals surface area contributed by atoms with Crippen molar-refractivity contribution in [2.45, 2.75) is 86.7 Å². The number of hydrogen-bond donors (Lipinski definition) is 1. The molecule has 21 heavy (non-hydrogen) atoms. The van der Waals surface area contributed by atoms with Crippen LogP contribution in [0.5, 0.6) is 0 Å². The Labute approximate surface area is 131 Å². The van der Waals surface area contributed by atoms with Crippen molar-refractivity contribution in [2.75, 3.05) is 6.54 Å². The summed E-state index contributed by atoms with van der Waals surface area (Å²) in [6, 6.07) is 0.371. The van der Waals surface area contributed by atoms with Crippen molar-refractivity contribution in [3.63, 3.8) is 0 Å². The first-order valence-corrected chi connectivity index (χ1v) is 8.59. The lowest BCUT2D eigenvalue weighted by molar-refractivity contribution is 0.290. The predicted molar refractivity (Wildman–Crippen MR) is 91.7 cm³/mol. The van der Waals surface area contributed by atoms with Gasteiger partial charge < -0.3 is 5.32 Å². The van der Waals surface area contributed by atoms with E-state index in [1.807, 2.05) is 0 Å². The lowest BCUT2D eigenvalue weighted by Gasteiger charge is -2.27. The Bertz CT molecular complexity index is 432. The van der Waals surface area contributed by atoms with E-state index in [1.54, 1.807) is 0 Å². The summed E-state index contributed by atoms with van der Waals surface area (Å²) in [7, 11) is 0. The van der Waals surface area contributed by atoms with Gasteiger partial charge >= 0.3 is 0 Å². The van der Waals surface area contributed by atoms with Crippen molar-refractivity contribution in [3.05, 3.63) is 17.0 Å². The monoisotopic (exact) mass is 293 g/mol. The van der Waals surface area contributed by atoms with Gasteiger partial charge in [-0.05, 0) is 39.5 Å². The molecular formula is C18H35N3. The van der Waals surface area contributed by atoms with Crippen LogP contribution in [0.25, 0.3) is 0 Å². The molecule has 1 N–H and O–H groups in total. The van der Waals surface area contributed by atoms with Gasteiger partial charge in [0.15, 0.2) is 0 Å².